The summed E-state index contributed by atoms with van der Waals surface area (Å²) >= 11 is 0. The van der Waals surface area contributed by atoms with Crippen molar-refractivity contribution >= 4 is 12.0 Å². The number of carbonyl (C=O) groups is 1. The minimum Gasteiger partial charge on any atom is -0.508 e. The molecule has 4 heteroatoms. The third kappa shape index (κ3) is 5.15. The van der Waals surface area contributed by atoms with E-state index < -0.39 is 5.91 Å². The van der Waals surface area contributed by atoms with Crippen LogP contribution in [0.5, 0.6) is 5.75 Å². The van der Waals surface area contributed by atoms with Gasteiger partial charge < -0.3 is 10.4 Å². The van der Waals surface area contributed by atoms with Crippen LogP contribution >= 0.6 is 0 Å². The molecule has 0 aliphatic rings. The van der Waals surface area contributed by atoms with Crippen molar-refractivity contribution in [2.24, 2.45) is 0 Å². The van der Waals surface area contributed by atoms with Crippen LogP contribution in [0.4, 0.5) is 0 Å². The first-order valence-electron chi connectivity index (χ1n) is 7.50. The number of allylic oxidation sites excluding steroid dienone is 2. The molecule has 0 saturated carbocycles. The van der Waals surface area contributed by atoms with Gasteiger partial charge in [0.05, 0.1) is 0 Å². The molecule has 0 unspecified atom stereocenters. The number of benzene rings is 2. The van der Waals surface area contributed by atoms with Crippen molar-refractivity contribution in [3.63, 3.8) is 0 Å². The molecular weight excluding hydrogens is 300 g/mol. The van der Waals surface area contributed by atoms with E-state index in [9.17, 15) is 9.90 Å². The number of nitriles is 1. The Kier molecular flexibility index (Phi) is 5.93. The van der Waals surface area contributed by atoms with Crippen LogP contribution in [0.3, 0.4) is 0 Å². The van der Waals surface area contributed by atoms with E-state index in [2.05, 4.69) is 5.32 Å². The fourth-order valence-electron chi connectivity index (χ4n) is 1.99. The molecule has 0 spiro atoms. The molecule has 2 aromatic carbocycles. The zero-order chi connectivity index (χ0) is 17.4. The number of aromatic hydroxyl groups is 1. The lowest BCUT2D eigenvalue weighted by molar-refractivity contribution is -0.117. The number of hydrogen-bond acceptors (Lipinski definition) is 3. The Morgan fingerprint density at radius 3 is 2.46 bits per heavy atom. The molecule has 2 N–H and O–H groups in total. The van der Waals surface area contributed by atoms with Gasteiger partial charge in [0, 0.05) is 6.54 Å². The van der Waals surface area contributed by atoms with Crippen molar-refractivity contribution in [1.82, 2.24) is 5.32 Å². The van der Waals surface area contributed by atoms with Crippen molar-refractivity contribution in [3.8, 4) is 11.8 Å². The molecule has 0 saturated heterocycles. The van der Waals surface area contributed by atoms with E-state index in [0.29, 0.717) is 6.54 Å². The fraction of sp³-hybridized carbons (Fsp3) is 0.100. The Balaban J connectivity index is 1.96. The van der Waals surface area contributed by atoms with Crippen molar-refractivity contribution in [1.29, 1.82) is 5.26 Å². The maximum absolute atomic E-state index is 12.0. The van der Waals surface area contributed by atoms with E-state index in [1.807, 2.05) is 37.3 Å². The molecule has 1 amide bonds. The quantitative estimate of drug-likeness (QED) is 0.503. The minimum absolute atomic E-state index is 0.0390. The van der Waals surface area contributed by atoms with E-state index in [4.69, 9.17) is 5.26 Å². The molecule has 0 heterocycles. The number of phenolic OH excluding ortho intramolecular Hbond substituents is 1. The van der Waals surface area contributed by atoms with Crippen molar-refractivity contribution in [2.75, 3.05) is 0 Å². The van der Waals surface area contributed by atoms with Crippen LogP contribution in [0.25, 0.3) is 6.08 Å². The first kappa shape index (κ1) is 17.0. The van der Waals surface area contributed by atoms with Gasteiger partial charge >= 0.3 is 0 Å². The molecule has 120 valence electrons. The molecular formula is C20H18N2O2. The highest BCUT2D eigenvalue weighted by molar-refractivity contribution is 5.97. The topological polar surface area (TPSA) is 73.1 Å². The van der Waals surface area contributed by atoms with Gasteiger partial charge in [-0.15, -0.1) is 0 Å². The molecule has 0 radical (unpaired) electrons. The van der Waals surface area contributed by atoms with Gasteiger partial charge in [-0.25, -0.2) is 0 Å². The summed E-state index contributed by atoms with van der Waals surface area (Å²) in [6, 6.07) is 16.4. The van der Waals surface area contributed by atoms with Crippen LogP contribution in [0.15, 0.2) is 66.3 Å². The fourth-order valence-corrected chi connectivity index (χ4v) is 1.99. The largest absolute Gasteiger partial charge is 0.508 e. The molecule has 0 aromatic heterocycles. The number of nitrogens with zero attached hydrogens (tertiary/aromatic N) is 1. The molecule has 0 aliphatic carbocycles. The number of nitrogens with one attached hydrogen (secondary N) is 1. The van der Waals surface area contributed by atoms with Crippen LogP contribution in [-0.2, 0) is 11.3 Å². The zero-order valence-corrected chi connectivity index (χ0v) is 13.4. The van der Waals surface area contributed by atoms with Crippen LogP contribution in [-0.4, -0.2) is 11.0 Å². The monoisotopic (exact) mass is 318 g/mol. The SMILES string of the molecule is Cc1ccc(CNC(=O)/C(C#N)=C/C=C/c2ccc(O)cc2)cc1. The van der Waals surface area contributed by atoms with Gasteiger partial charge in [-0.3, -0.25) is 4.79 Å². The molecule has 2 aromatic rings. The summed E-state index contributed by atoms with van der Waals surface area (Å²) in [7, 11) is 0. The zero-order valence-electron chi connectivity index (χ0n) is 13.4. The lowest BCUT2D eigenvalue weighted by Gasteiger charge is -2.04. The number of phenols is 1. The maximum atomic E-state index is 12.0. The molecule has 0 fully saturated rings. The minimum atomic E-state index is -0.409. The van der Waals surface area contributed by atoms with Gasteiger partial charge in [0.2, 0.25) is 0 Å². The van der Waals surface area contributed by atoms with E-state index in [1.54, 1.807) is 36.4 Å². The van der Waals surface area contributed by atoms with Crippen molar-refractivity contribution < 1.29 is 9.90 Å². The second-order valence-corrected chi connectivity index (χ2v) is 5.31. The maximum Gasteiger partial charge on any atom is 0.262 e. The van der Waals surface area contributed by atoms with Crippen LogP contribution in [0.2, 0.25) is 0 Å². The summed E-state index contributed by atoms with van der Waals surface area (Å²) in [5.41, 5.74) is 3.03. The second kappa shape index (κ2) is 8.35. The van der Waals surface area contributed by atoms with E-state index in [0.717, 1.165) is 16.7 Å². The number of hydrogen-bond donors (Lipinski definition) is 2. The molecule has 0 aliphatic heterocycles. The van der Waals surface area contributed by atoms with Gasteiger partial charge in [0.15, 0.2) is 0 Å². The average molecular weight is 318 g/mol. The Bertz CT molecular complexity index is 795. The van der Waals surface area contributed by atoms with E-state index in [-0.39, 0.29) is 11.3 Å². The predicted octanol–water partition coefficient (Wildman–Crippen LogP) is 3.48. The summed E-state index contributed by atoms with van der Waals surface area (Å²) < 4.78 is 0. The Hall–Kier alpha value is -3.32. The van der Waals surface area contributed by atoms with E-state index >= 15 is 0 Å². The predicted molar refractivity (Wildman–Crippen MR) is 93.9 cm³/mol. The third-order valence-electron chi connectivity index (χ3n) is 3.38. The first-order chi connectivity index (χ1) is 11.6. The number of rotatable bonds is 5. The normalized spacial score (nSPS) is 11.2. The third-order valence-corrected chi connectivity index (χ3v) is 3.38. The van der Waals surface area contributed by atoms with Gasteiger partial charge in [-0.2, -0.15) is 5.26 Å². The highest BCUT2D eigenvalue weighted by Crippen LogP contribution is 2.11. The highest BCUT2D eigenvalue weighted by atomic mass is 16.3. The molecule has 0 atom stereocenters. The van der Waals surface area contributed by atoms with Gasteiger partial charge in [0.25, 0.3) is 5.91 Å². The first-order valence-corrected chi connectivity index (χ1v) is 7.50. The van der Waals surface area contributed by atoms with Crippen molar-refractivity contribution in [2.45, 2.75) is 13.5 Å². The lowest BCUT2D eigenvalue weighted by Crippen LogP contribution is -2.23. The van der Waals surface area contributed by atoms with Crippen molar-refractivity contribution in [3.05, 3.63) is 82.9 Å². The molecule has 2 rings (SSSR count). The average Bonchev–Trinajstić information content (AvgIpc) is 2.59. The number of amides is 1. The molecule has 0 bridgehead atoms. The molecule has 24 heavy (non-hydrogen) atoms. The summed E-state index contributed by atoms with van der Waals surface area (Å²) in [4.78, 5) is 12.0. The lowest BCUT2D eigenvalue weighted by atomic mass is 10.1. The number of aryl methyl sites for hydroxylation is 1. The van der Waals surface area contributed by atoms with Crippen LogP contribution in [0.1, 0.15) is 16.7 Å². The Morgan fingerprint density at radius 2 is 1.83 bits per heavy atom. The second-order valence-electron chi connectivity index (χ2n) is 5.31. The number of carbonyl (C=O) groups excluding carboxylic acids is 1. The highest BCUT2D eigenvalue weighted by Gasteiger charge is 2.07. The molecule has 4 nitrogen and oxygen atoms in total. The van der Waals surface area contributed by atoms with Crippen LogP contribution in [0, 0.1) is 18.3 Å². The van der Waals surface area contributed by atoms with Crippen LogP contribution < -0.4 is 5.32 Å². The van der Waals surface area contributed by atoms with Gasteiger partial charge in [-0.1, -0.05) is 54.1 Å². The van der Waals surface area contributed by atoms with Gasteiger partial charge in [0.1, 0.15) is 17.4 Å². The smallest absolute Gasteiger partial charge is 0.262 e. The summed E-state index contributed by atoms with van der Waals surface area (Å²) in [5.74, 6) is -0.218. The van der Waals surface area contributed by atoms with Gasteiger partial charge in [-0.05, 0) is 36.3 Å². The summed E-state index contributed by atoms with van der Waals surface area (Å²) in [5, 5.41) is 21.1. The summed E-state index contributed by atoms with van der Waals surface area (Å²) in [6.45, 7) is 2.37. The Morgan fingerprint density at radius 1 is 1.17 bits per heavy atom. The Labute approximate surface area is 141 Å². The summed E-state index contributed by atoms with van der Waals surface area (Å²) in [6.07, 6.45) is 4.86. The van der Waals surface area contributed by atoms with E-state index in [1.165, 1.54) is 6.08 Å². The standard InChI is InChI=1S/C20H18N2O2/c1-15-5-7-17(8-6-15)14-22-20(24)18(13-21)4-2-3-16-9-11-19(23)12-10-16/h2-12,23H,14H2,1H3,(H,22,24)/b3-2+,18-4+.